The molecule has 4 saturated heterocycles. The maximum atomic E-state index is 13.0. The fraction of sp³-hybridized carbons (Fsp3) is 0.481. The zero-order chi connectivity index (χ0) is 26.2. The molecule has 7 nitrogen and oxygen atoms in total. The van der Waals surface area contributed by atoms with Crippen molar-refractivity contribution in [2.45, 2.75) is 44.6 Å². The number of halogens is 2. The van der Waals surface area contributed by atoms with Gasteiger partial charge < -0.3 is 25.8 Å². The molecule has 0 aromatic heterocycles. The van der Waals surface area contributed by atoms with Gasteiger partial charge in [0.15, 0.2) is 0 Å². The second kappa shape index (κ2) is 10.2. The van der Waals surface area contributed by atoms with Crippen LogP contribution in [0.3, 0.4) is 0 Å². The molecule has 10 heteroatoms. The summed E-state index contributed by atoms with van der Waals surface area (Å²) >= 11 is 0. The summed E-state index contributed by atoms with van der Waals surface area (Å²) in [5.41, 5.74) is 1.32. The molecule has 2 amide bonds. The van der Waals surface area contributed by atoms with Gasteiger partial charge in [-0.05, 0) is 94.1 Å². The van der Waals surface area contributed by atoms with Crippen molar-refractivity contribution in [3.63, 3.8) is 0 Å². The predicted molar refractivity (Wildman–Crippen MR) is 136 cm³/mol. The van der Waals surface area contributed by atoms with Gasteiger partial charge in [0.25, 0.3) is 0 Å². The van der Waals surface area contributed by atoms with Crippen LogP contribution >= 0.6 is 0 Å². The summed E-state index contributed by atoms with van der Waals surface area (Å²) in [6.07, 6.45) is 3.18. The molecule has 2 atom stereocenters. The van der Waals surface area contributed by atoms with Gasteiger partial charge in [0, 0.05) is 0 Å². The fourth-order valence-electron chi connectivity index (χ4n) is 6.25. The standard InChI is InChI=1S/C14H18BFN2O2.C13H15FN2O/c1-15(20)18-8-6-14(7-9-18)12(17-13(14)19)10-2-4-11(16)5-3-10;14-10-3-1-9(2-4-10)11-13(12(17)16-11)5-7-15-8-6-13/h2-5,12,20H,6-9H2,1H3,(H,17,19);1-4,11,15H,5-8H2,(H,16,17). The number of rotatable bonds is 3. The third-order valence-corrected chi connectivity index (χ3v) is 8.68. The van der Waals surface area contributed by atoms with Crippen molar-refractivity contribution in [1.29, 1.82) is 0 Å². The molecule has 2 aromatic carbocycles. The molecule has 4 heterocycles. The van der Waals surface area contributed by atoms with Crippen LogP contribution in [0.1, 0.15) is 48.9 Å². The smallest absolute Gasteiger partial charge is 0.376 e. The molecule has 0 bridgehead atoms. The number of carbonyl (C=O) groups is 2. The zero-order valence-corrected chi connectivity index (χ0v) is 21.0. The molecule has 0 radical (unpaired) electrons. The van der Waals surface area contributed by atoms with Crippen molar-refractivity contribution in [2.24, 2.45) is 10.8 Å². The van der Waals surface area contributed by atoms with Crippen molar-refractivity contribution in [3.8, 4) is 0 Å². The highest BCUT2D eigenvalue weighted by Gasteiger charge is 2.57. The van der Waals surface area contributed by atoms with Crippen LogP contribution in [-0.4, -0.2) is 54.9 Å². The number of nitrogens with zero attached hydrogens (tertiary/aromatic N) is 1. The van der Waals surface area contributed by atoms with Crippen molar-refractivity contribution < 1.29 is 23.4 Å². The second-order valence-corrected chi connectivity index (χ2v) is 10.6. The summed E-state index contributed by atoms with van der Waals surface area (Å²) < 4.78 is 25.9. The Labute approximate surface area is 216 Å². The number of hydrogen-bond acceptors (Lipinski definition) is 5. The quantitative estimate of drug-likeness (QED) is 0.377. The van der Waals surface area contributed by atoms with Gasteiger partial charge in [-0.15, -0.1) is 0 Å². The van der Waals surface area contributed by atoms with Crippen LogP contribution in [0.2, 0.25) is 6.82 Å². The lowest BCUT2D eigenvalue weighted by Crippen LogP contribution is -2.65. The Morgan fingerprint density at radius 2 is 1.19 bits per heavy atom. The fourth-order valence-corrected chi connectivity index (χ4v) is 6.25. The molecule has 2 unspecified atom stereocenters. The number of benzene rings is 2. The molecule has 6 rings (SSSR count). The van der Waals surface area contributed by atoms with E-state index in [-0.39, 0.29) is 46.4 Å². The average Bonchev–Trinajstić information content (AvgIpc) is 2.92. The first kappa shape index (κ1) is 25.8. The van der Waals surface area contributed by atoms with Gasteiger partial charge >= 0.3 is 7.05 Å². The number of amides is 2. The Bertz CT molecular complexity index is 1130. The molecule has 2 spiro atoms. The van der Waals surface area contributed by atoms with E-state index >= 15 is 0 Å². The number of carbonyl (C=O) groups excluding carboxylic acids is 2. The number of piperidine rings is 2. The van der Waals surface area contributed by atoms with E-state index in [4.69, 9.17) is 0 Å². The highest BCUT2D eigenvalue weighted by atomic mass is 19.1. The van der Waals surface area contributed by atoms with Crippen LogP contribution in [0.15, 0.2) is 48.5 Å². The lowest BCUT2D eigenvalue weighted by atomic mass is 9.62. The minimum atomic E-state index is -0.472. The molecule has 0 aliphatic carbocycles. The lowest BCUT2D eigenvalue weighted by molar-refractivity contribution is -0.150. The van der Waals surface area contributed by atoms with Gasteiger partial charge in [-0.25, -0.2) is 8.78 Å². The first-order valence-corrected chi connectivity index (χ1v) is 13.0. The monoisotopic (exact) mass is 510 g/mol. The molecule has 37 heavy (non-hydrogen) atoms. The molecule has 4 N–H and O–H groups in total. The van der Waals surface area contributed by atoms with Crippen molar-refractivity contribution in [2.75, 3.05) is 26.2 Å². The van der Waals surface area contributed by atoms with Crippen LogP contribution in [0.25, 0.3) is 0 Å². The predicted octanol–water partition coefficient (Wildman–Crippen LogP) is 2.56. The van der Waals surface area contributed by atoms with Gasteiger partial charge in [0.05, 0.1) is 22.9 Å². The maximum absolute atomic E-state index is 13.0. The summed E-state index contributed by atoms with van der Waals surface area (Å²) in [5, 5.41) is 18.8. The van der Waals surface area contributed by atoms with Crippen molar-refractivity contribution in [3.05, 3.63) is 71.3 Å². The maximum Gasteiger partial charge on any atom is 0.376 e. The Kier molecular flexibility index (Phi) is 7.09. The summed E-state index contributed by atoms with van der Waals surface area (Å²) in [4.78, 5) is 25.9. The lowest BCUT2D eigenvalue weighted by Gasteiger charge is -2.53. The van der Waals surface area contributed by atoms with Gasteiger partial charge in [-0.1, -0.05) is 24.3 Å². The van der Waals surface area contributed by atoms with Crippen molar-refractivity contribution in [1.82, 2.24) is 20.8 Å². The molecular formula is C27H33BF2N4O3. The van der Waals surface area contributed by atoms with Crippen LogP contribution in [0.5, 0.6) is 0 Å². The van der Waals surface area contributed by atoms with E-state index in [9.17, 15) is 23.4 Å². The Hall–Kier alpha value is -2.82. The third kappa shape index (κ3) is 4.66. The minimum absolute atomic E-state index is 0.0354. The first-order valence-electron chi connectivity index (χ1n) is 13.0. The van der Waals surface area contributed by atoms with Gasteiger partial charge in [-0.3, -0.25) is 9.59 Å². The van der Waals surface area contributed by atoms with E-state index in [1.54, 1.807) is 31.1 Å². The highest BCUT2D eigenvalue weighted by Crippen LogP contribution is 2.50. The van der Waals surface area contributed by atoms with Crippen LogP contribution in [-0.2, 0) is 9.59 Å². The van der Waals surface area contributed by atoms with Crippen LogP contribution in [0, 0.1) is 22.5 Å². The Morgan fingerprint density at radius 1 is 0.784 bits per heavy atom. The molecule has 196 valence electrons. The van der Waals surface area contributed by atoms with E-state index < -0.39 is 7.05 Å². The molecule has 4 fully saturated rings. The highest BCUT2D eigenvalue weighted by molar-refractivity contribution is 6.45. The number of hydrogen-bond donors (Lipinski definition) is 4. The summed E-state index contributed by atoms with van der Waals surface area (Å²) in [6.45, 7) is 4.93. The molecule has 0 saturated carbocycles. The van der Waals surface area contributed by atoms with E-state index in [2.05, 4.69) is 16.0 Å². The minimum Gasteiger partial charge on any atom is -0.437 e. The summed E-state index contributed by atoms with van der Waals surface area (Å²) in [5.74, 6) is -0.276. The zero-order valence-electron chi connectivity index (χ0n) is 21.0. The van der Waals surface area contributed by atoms with Gasteiger partial charge in [0.2, 0.25) is 11.8 Å². The third-order valence-electron chi connectivity index (χ3n) is 8.68. The second-order valence-electron chi connectivity index (χ2n) is 10.6. The average molecular weight is 510 g/mol. The number of β-lactam (4-membered cyclic amide) rings is 2. The largest absolute Gasteiger partial charge is 0.437 e. The van der Waals surface area contributed by atoms with E-state index in [0.29, 0.717) is 13.1 Å². The molecule has 4 aliphatic rings. The SMILES string of the molecule is CB(O)N1CCC2(CC1)C(=O)NC2c1ccc(F)cc1.O=C1NC(c2ccc(F)cc2)C12CCNCC2. The van der Waals surface area contributed by atoms with Gasteiger partial charge in [-0.2, -0.15) is 0 Å². The van der Waals surface area contributed by atoms with E-state index in [0.717, 1.165) is 49.9 Å². The van der Waals surface area contributed by atoms with Crippen LogP contribution in [0.4, 0.5) is 8.78 Å². The molecule has 4 aliphatic heterocycles. The molecule has 2 aromatic rings. The Balaban J connectivity index is 0.000000153. The van der Waals surface area contributed by atoms with E-state index in [1.165, 1.54) is 24.3 Å². The normalized spacial score (nSPS) is 25.7. The Morgan fingerprint density at radius 3 is 1.57 bits per heavy atom. The van der Waals surface area contributed by atoms with Crippen LogP contribution < -0.4 is 16.0 Å². The summed E-state index contributed by atoms with van der Waals surface area (Å²) in [7, 11) is -0.472. The van der Waals surface area contributed by atoms with Crippen molar-refractivity contribution >= 4 is 18.9 Å². The summed E-state index contributed by atoms with van der Waals surface area (Å²) in [6, 6.07) is 12.8. The first-order chi connectivity index (χ1) is 17.7. The van der Waals surface area contributed by atoms with Gasteiger partial charge in [0.1, 0.15) is 11.6 Å². The topological polar surface area (TPSA) is 93.7 Å². The van der Waals surface area contributed by atoms with E-state index in [1.807, 2.05) is 4.81 Å². The molecular weight excluding hydrogens is 477 g/mol. The number of nitrogens with one attached hydrogen (secondary N) is 3.